The molecule has 7 nitrogen and oxygen atoms in total. The molecule has 1 aliphatic carbocycles. The first kappa shape index (κ1) is 14.6. The molecule has 1 aliphatic heterocycles. The van der Waals surface area contributed by atoms with Crippen LogP contribution < -0.4 is 10.6 Å². The van der Waals surface area contributed by atoms with E-state index in [4.69, 9.17) is 0 Å². The van der Waals surface area contributed by atoms with E-state index in [9.17, 15) is 19.5 Å². The topological polar surface area (TPSA) is 98.7 Å². The van der Waals surface area contributed by atoms with Crippen LogP contribution in [0.5, 0.6) is 0 Å². The summed E-state index contributed by atoms with van der Waals surface area (Å²) < 4.78 is 0. The summed E-state index contributed by atoms with van der Waals surface area (Å²) in [6, 6.07) is -0.582. The Morgan fingerprint density at radius 1 is 1.05 bits per heavy atom. The third-order valence-electron chi connectivity index (χ3n) is 4.08. The zero-order valence-electron chi connectivity index (χ0n) is 11.5. The number of carboxylic acids is 1. The molecular weight excluding hydrogens is 262 g/mol. The van der Waals surface area contributed by atoms with Gasteiger partial charge in [-0.2, -0.15) is 0 Å². The number of carbonyl (C=O) groups excluding carboxylic acids is 2. The van der Waals surface area contributed by atoms with Crippen molar-refractivity contribution in [3.63, 3.8) is 0 Å². The fourth-order valence-corrected chi connectivity index (χ4v) is 2.87. The van der Waals surface area contributed by atoms with Crippen LogP contribution in [0.2, 0.25) is 0 Å². The van der Waals surface area contributed by atoms with Crippen LogP contribution >= 0.6 is 0 Å². The van der Waals surface area contributed by atoms with Gasteiger partial charge >= 0.3 is 12.0 Å². The highest BCUT2D eigenvalue weighted by atomic mass is 16.4. The summed E-state index contributed by atoms with van der Waals surface area (Å²) in [6.45, 7) is 1.39. The summed E-state index contributed by atoms with van der Waals surface area (Å²) in [5.41, 5.74) is -1.17. The van der Waals surface area contributed by atoms with E-state index in [0.717, 1.165) is 38.8 Å². The maximum atomic E-state index is 11.8. The number of nitrogens with zero attached hydrogens (tertiary/aromatic N) is 1. The molecule has 2 fully saturated rings. The highest BCUT2D eigenvalue weighted by Gasteiger charge is 2.42. The molecule has 1 saturated carbocycles. The van der Waals surface area contributed by atoms with Crippen molar-refractivity contribution in [3.05, 3.63) is 0 Å². The number of carboxylic acid groups (broad SMARTS) is 1. The average molecular weight is 283 g/mol. The van der Waals surface area contributed by atoms with Gasteiger partial charge in [0.15, 0.2) is 0 Å². The molecule has 1 heterocycles. The monoisotopic (exact) mass is 283 g/mol. The molecule has 0 bridgehead atoms. The Hall–Kier alpha value is -1.79. The number of likely N-dealkylation sites (tertiary alicyclic amines) is 1. The Morgan fingerprint density at radius 3 is 2.20 bits per heavy atom. The van der Waals surface area contributed by atoms with Crippen LogP contribution in [-0.2, 0) is 9.59 Å². The first-order chi connectivity index (χ1) is 9.53. The van der Waals surface area contributed by atoms with Crippen molar-refractivity contribution in [3.8, 4) is 0 Å². The van der Waals surface area contributed by atoms with Crippen LogP contribution in [-0.4, -0.2) is 53.1 Å². The van der Waals surface area contributed by atoms with E-state index in [1.165, 1.54) is 0 Å². The molecule has 1 saturated heterocycles. The molecule has 3 amide bonds. The zero-order chi connectivity index (χ0) is 14.6. The van der Waals surface area contributed by atoms with Crippen LogP contribution in [0.25, 0.3) is 0 Å². The van der Waals surface area contributed by atoms with Crippen molar-refractivity contribution in [1.82, 2.24) is 15.5 Å². The second kappa shape index (κ2) is 6.11. The second-order valence-electron chi connectivity index (χ2n) is 5.49. The third kappa shape index (κ3) is 3.20. The quantitative estimate of drug-likeness (QED) is 0.691. The van der Waals surface area contributed by atoms with Crippen LogP contribution in [0.15, 0.2) is 0 Å². The van der Waals surface area contributed by atoms with Crippen LogP contribution in [0.1, 0.15) is 38.5 Å². The predicted octanol–water partition coefficient (Wildman–Crippen LogP) is 0.305. The highest BCUT2D eigenvalue weighted by molar-refractivity contribution is 5.89. The Morgan fingerprint density at radius 2 is 1.65 bits per heavy atom. The van der Waals surface area contributed by atoms with Gasteiger partial charge in [-0.05, 0) is 25.7 Å². The highest BCUT2D eigenvalue weighted by Crippen LogP contribution is 2.29. The predicted molar refractivity (Wildman–Crippen MR) is 71.2 cm³/mol. The molecule has 7 heteroatoms. The first-order valence-corrected chi connectivity index (χ1v) is 7.11. The summed E-state index contributed by atoms with van der Waals surface area (Å²) in [7, 11) is 0. The van der Waals surface area contributed by atoms with Gasteiger partial charge in [0.05, 0.1) is 6.54 Å². The number of nitrogens with one attached hydrogen (secondary N) is 2. The molecule has 0 aromatic carbocycles. The lowest BCUT2D eigenvalue weighted by molar-refractivity contribution is -0.144. The fraction of sp³-hybridized carbons (Fsp3) is 0.769. The van der Waals surface area contributed by atoms with Gasteiger partial charge in [-0.3, -0.25) is 4.79 Å². The molecule has 2 aliphatic rings. The Balaban J connectivity index is 1.79. The standard InChI is InChI=1S/C13H21N3O4/c17-10(16-7-3-4-8-16)9-14-12(20)15-13(11(18)19)5-1-2-6-13/h1-9H2,(H,18,19)(H2,14,15,20). The van der Waals surface area contributed by atoms with Gasteiger partial charge in [-0.15, -0.1) is 0 Å². The van der Waals surface area contributed by atoms with Crippen molar-refractivity contribution < 1.29 is 19.5 Å². The SMILES string of the molecule is O=C(NCC(=O)N1CCCC1)NC1(C(=O)O)CCCC1. The normalized spacial score (nSPS) is 20.7. The van der Waals surface area contributed by atoms with Crippen molar-refractivity contribution in [2.45, 2.75) is 44.1 Å². The Bertz CT molecular complexity index is 398. The smallest absolute Gasteiger partial charge is 0.329 e. The number of hydrogen-bond donors (Lipinski definition) is 3. The molecule has 3 N–H and O–H groups in total. The number of hydrogen-bond acceptors (Lipinski definition) is 3. The fourth-order valence-electron chi connectivity index (χ4n) is 2.87. The maximum Gasteiger partial charge on any atom is 0.329 e. The van der Waals surface area contributed by atoms with Crippen molar-refractivity contribution in [1.29, 1.82) is 0 Å². The van der Waals surface area contributed by atoms with Crippen LogP contribution in [0, 0.1) is 0 Å². The largest absolute Gasteiger partial charge is 0.480 e. The lowest BCUT2D eigenvalue weighted by atomic mass is 9.98. The molecule has 0 atom stereocenters. The molecule has 0 aromatic rings. The third-order valence-corrected chi connectivity index (χ3v) is 4.08. The lowest BCUT2D eigenvalue weighted by Gasteiger charge is -2.25. The first-order valence-electron chi connectivity index (χ1n) is 7.11. The van der Waals surface area contributed by atoms with E-state index in [0.29, 0.717) is 12.8 Å². The van der Waals surface area contributed by atoms with Gasteiger partial charge in [-0.1, -0.05) is 12.8 Å². The minimum atomic E-state index is -1.17. The molecule has 0 unspecified atom stereocenters. The zero-order valence-corrected chi connectivity index (χ0v) is 11.5. The van der Waals surface area contributed by atoms with Gasteiger partial charge in [0.1, 0.15) is 5.54 Å². The van der Waals surface area contributed by atoms with E-state index in [-0.39, 0.29) is 12.5 Å². The lowest BCUT2D eigenvalue weighted by Crippen LogP contribution is -2.56. The summed E-state index contributed by atoms with van der Waals surface area (Å²) in [4.78, 5) is 36.5. The summed E-state index contributed by atoms with van der Waals surface area (Å²) in [6.07, 6.45) is 4.46. The average Bonchev–Trinajstić information content (AvgIpc) is 3.07. The van der Waals surface area contributed by atoms with Gasteiger partial charge in [0, 0.05) is 13.1 Å². The minimum Gasteiger partial charge on any atom is -0.480 e. The number of carbonyl (C=O) groups is 3. The van der Waals surface area contributed by atoms with Crippen LogP contribution in [0.4, 0.5) is 4.79 Å². The van der Waals surface area contributed by atoms with E-state index < -0.39 is 17.5 Å². The second-order valence-corrected chi connectivity index (χ2v) is 5.49. The minimum absolute atomic E-state index is 0.0818. The molecule has 112 valence electrons. The van der Waals surface area contributed by atoms with Crippen LogP contribution in [0.3, 0.4) is 0 Å². The molecule has 0 aromatic heterocycles. The van der Waals surface area contributed by atoms with E-state index in [1.54, 1.807) is 4.90 Å². The van der Waals surface area contributed by atoms with E-state index in [1.807, 2.05) is 0 Å². The van der Waals surface area contributed by atoms with E-state index in [2.05, 4.69) is 10.6 Å². The maximum absolute atomic E-state index is 11.8. The molecular formula is C13H21N3O4. The molecule has 0 spiro atoms. The number of urea groups is 1. The molecule has 2 rings (SSSR count). The summed E-state index contributed by atoms with van der Waals surface area (Å²) >= 11 is 0. The summed E-state index contributed by atoms with van der Waals surface area (Å²) in [5.74, 6) is -1.12. The van der Waals surface area contributed by atoms with Gasteiger partial charge in [0.2, 0.25) is 5.91 Å². The molecule has 0 radical (unpaired) electrons. The van der Waals surface area contributed by atoms with Crippen molar-refractivity contribution in [2.75, 3.05) is 19.6 Å². The number of amides is 3. The Kier molecular flexibility index (Phi) is 4.46. The summed E-state index contributed by atoms with van der Waals surface area (Å²) in [5, 5.41) is 14.2. The van der Waals surface area contributed by atoms with Gasteiger partial charge in [0.25, 0.3) is 0 Å². The van der Waals surface area contributed by atoms with Gasteiger partial charge in [-0.25, -0.2) is 9.59 Å². The Labute approximate surface area is 117 Å². The van der Waals surface area contributed by atoms with Crippen molar-refractivity contribution in [2.24, 2.45) is 0 Å². The van der Waals surface area contributed by atoms with E-state index >= 15 is 0 Å². The molecule has 20 heavy (non-hydrogen) atoms. The van der Waals surface area contributed by atoms with Gasteiger partial charge < -0.3 is 20.6 Å². The number of aliphatic carboxylic acids is 1. The number of rotatable bonds is 4. The van der Waals surface area contributed by atoms with Crippen molar-refractivity contribution >= 4 is 17.9 Å².